The molecule has 1 amide bonds. The fourth-order valence-electron chi connectivity index (χ4n) is 3.68. The zero-order valence-corrected chi connectivity index (χ0v) is 17.9. The summed E-state index contributed by atoms with van der Waals surface area (Å²) in [5.74, 6) is 0.832. The molecule has 0 bridgehead atoms. The van der Waals surface area contributed by atoms with Crippen LogP contribution in [0, 0.1) is 5.41 Å². The second-order valence-electron chi connectivity index (χ2n) is 9.58. The van der Waals surface area contributed by atoms with Crippen molar-refractivity contribution in [2.24, 2.45) is 5.41 Å². The van der Waals surface area contributed by atoms with Crippen LogP contribution in [0.4, 0.5) is 4.79 Å². The first-order chi connectivity index (χ1) is 12.4. The summed E-state index contributed by atoms with van der Waals surface area (Å²) >= 11 is -1.21. The highest BCUT2D eigenvalue weighted by Gasteiger charge is 2.52. The molecule has 1 saturated heterocycles. The van der Waals surface area contributed by atoms with Crippen molar-refractivity contribution in [1.29, 1.82) is 0 Å². The maximum atomic E-state index is 12.8. The lowest BCUT2D eigenvalue weighted by atomic mass is 9.74. The summed E-state index contributed by atoms with van der Waals surface area (Å²) in [4.78, 5) is 14.2. The van der Waals surface area contributed by atoms with E-state index in [1.165, 1.54) is 0 Å². The number of hydrogen-bond acceptors (Lipinski definition) is 6. The number of hydrogen-bond donors (Lipinski definition) is 1. The first-order valence-corrected chi connectivity index (χ1v) is 10.6. The highest BCUT2D eigenvalue weighted by Crippen LogP contribution is 2.49. The van der Waals surface area contributed by atoms with Crippen molar-refractivity contribution in [1.82, 2.24) is 24.4 Å². The number of rotatable bonds is 2. The second-order valence-corrected chi connectivity index (χ2v) is 11.6. The molecule has 2 aliphatic heterocycles. The Morgan fingerprint density at radius 1 is 1.30 bits per heavy atom. The minimum atomic E-state index is -1.21. The molecule has 3 heterocycles. The van der Waals surface area contributed by atoms with Crippen LogP contribution in [0.15, 0.2) is 6.33 Å². The van der Waals surface area contributed by atoms with Crippen LogP contribution >= 0.6 is 0 Å². The molecule has 0 aromatic carbocycles. The predicted molar refractivity (Wildman–Crippen MR) is 103 cm³/mol. The van der Waals surface area contributed by atoms with Crippen LogP contribution < -0.4 is 4.72 Å². The van der Waals surface area contributed by atoms with Crippen LogP contribution in [0.3, 0.4) is 0 Å². The van der Waals surface area contributed by atoms with Crippen molar-refractivity contribution in [2.45, 2.75) is 77.3 Å². The van der Waals surface area contributed by atoms with E-state index >= 15 is 0 Å². The lowest BCUT2D eigenvalue weighted by molar-refractivity contribution is 0.00573. The van der Waals surface area contributed by atoms with Gasteiger partial charge in [0.2, 0.25) is 0 Å². The number of nitrogens with one attached hydrogen (secondary N) is 1. The van der Waals surface area contributed by atoms with Gasteiger partial charge in [-0.15, -0.1) is 14.9 Å². The average Bonchev–Trinajstić information content (AvgIpc) is 3.07. The van der Waals surface area contributed by atoms with Crippen LogP contribution in [0.1, 0.15) is 66.3 Å². The van der Waals surface area contributed by atoms with E-state index in [9.17, 15) is 9.35 Å². The average molecular weight is 398 g/mol. The minimum Gasteiger partial charge on any atom is -0.598 e. The summed E-state index contributed by atoms with van der Waals surface area (Å²) in [5.41, 5.74) is -0.619. The molecular weight excluding hydrogens is 366 g/mol. The fraction of sp³-hybridized carbons (Fsp3) is 0.833. The van der Waals surface area contributed by atoms with Crippen LogP contribution in [-0.2, 0) is 22.6 Å². The molecule has 0 radical (unpaired) electrons. The number of fused-ring (bicyclic) bond motifs is 1. The molecule has 1 fully saturated rings. The largest absolute Gasteiger partial charge is 0.598 e. The molecule has 0 saturated carbocycles. The Balaban J connectivity index is 1.73. The molecule has 9 heteroatoms. The van der Waals surface area contributed by atoms with Crippen molar-refractivity contribution in [3.8, 4) is 0 Å². The van der Waals surface area contributed by atoms with Gasteiger partial charge in [-0.05, 0) is 54.4 Å². The Morgan fingerprint density at radius 2 is 1.93 bits per heavy atom. The Kier molecular flexibility index (Phi) is 5.24. The topological polar surface area (TPSA) is 95.3 Å². The number of aromatic nitrogens is 3. The van der Waals surface area contributed by atoms with Gasteiger partial charge in [-0.2, -0.15) is 0 Å². The fourth-order valence-corrected chi connectivity index (χ4v) is 4.61. The number of ether oxygens (including phenoxy) is 1. The number of amides is 1. The van der Waals surface area contributed by atoms with Crippen molar-refractivity contribution in [3.05, 3.63) is 12.2 Å². The summed E-state index contributed by atoms with van der Waals surface area (Å²) < 4.78 is 23.3. The maximum Gasteiger partial charge on any atom is 0.410 e. The van der Waals surface area contributed by atoms with E-state index in [0.29, 0.717) is 13.1 Å². The van der Waals surface area contributed by atoms with Gasteiger partial charge < -0.3 is 18.8 Å². The Hall–Kier alpha value is -1.32. The summed E-state index contributed by atoms with van der Waals surface area (Å²) in [5, 5.41) is 8.29. The molecule has 1 aromatic rings. The van der Waals surface area contributed by atoms with Crippen molar-refractivity contribution in [2.75, 3.05) is 13.1 Å². The number of carbonyl (C=O) groups excluding carboxylic acids is 1. The van der Waals surface area contributed by atoms with E-state index < -0.39 is 17.0 Å². The number of carbonyl (C=O) groups is 1. The van der Waals surface area contributed by atoms with Gasteiger partial charge in [0.15, 0.2) is 5.82 Å². The number of nitrogens with zero attached hydrogens (tertiary/aromatic N) is 4. The molecule has 0 unspecified atom stereocenters. The van der Waals surface area contributed by atoms with Gasteiger partial charge in [-0.1, -0.05) is 0 Å². The van der Waals surface area contributed by atoms with E-state index in [0.717, 1.165) is 25.2 Å². The maximum absolute atomic E-state index is 12.8. The molecule has 1 aromatic heterocycles. The van der Waals surface area contributed by atoms with Gasteiger partial charge in [-0.3, -0.25) is 0 Å². The first kappa shape index (κ1) is 20.4. The first-order valence-electron chi connectivity index (χ1n) is 9.45. The molecular formula is C18H31N5O3S. The van der Waals surface area contributed by atoms with Crippen LogP contribution in [0.25, 0.3) is 0 Å². The molecule has 0 aliphatic carbocycles. The van der Waals surface area contributed by atoms with Crippen LogP contribution in [0.5, 0.6) is 0 Å². The second kappa shape index (κ2) is 6.93. The van der Waals surface area contributed by atoms with Gasteiger partial charge in [0.05, 0.1) is 0 Å². The van der Waals surface area contributed by atoms with Crippen LogP contribution in [0.2, 0.25) is 0 Å². The van der Waals surface area contributed by atoms with E-state index in [1.54, 1.807) is 11.2 Å². The monoisotopic (exact) mass is 397 g/mol. The Morgan fingerprint density at radius 3 is 2.48 bits per heavy atom. The van der Waals surface area contributed by atoms with Crippen LogP contribution in [-0.4, -0.2) is 53.7 Å². The van der Waals surface area contributed by atoms with E-state index in [1.807, 2.05) is 46.1 Å². The molecule has 1 N–H and O–H groups in total. The molecule has 152 valence electrons. The minimum absolute atomic E-state index is 0.120. The highest BCUT2D eigenvalue weighted by atomic mass is 32.2. The van der Waals surface area contributed by atoms with E-state index in [-0.39, 0.29) is 22.3 Å². The smallest absolute Gasteiger partial charge is 0.410 e. The van der Waals surface area contributed by atoms with Gasteiger partial charge in [-0.25, -0.2) is 4.79 Å². The van der Waals surface area contributed by atoms with Crippen molar-refractivity contribution >= 4 is 17.5 Å². The third kappa shape index (κ3) is 4.25. The normalized spacial score (nSPS) is 23.4. The molecule has 27 heavy (non-hydrogen) atoms. The van der Waals surface area contributed by atoms with Gasteiger partial charge in [0.1, 0.15) is 22.7 Å². The van der Waals surface area contributed by atoms with E-state index in [2.05, 4.69) is 14.9 Å². The number of likely N-dealkylation sites (tertiary alicyclic amines) is 1. The zero-order chi connectivity index (χ0) is 20.0. The van der Waals surface area contributed by atoms with E-state index in [4.69, 9.17) is 4.74 Å². The summed E-state index contributed by atoms with van der Waals surface area (Å²) in [7, 11) is 0. The predicted octanol–water partition coefficient (Wildman–Crippen LogP) is 2.40. The standard InChI is InChI=1S/C18H31N5O3S/c1-16(2,3)26-15(24)22-9-7-18(8-10-22)11-23-12-19-20-14(23)13(18)21-27(25)17(4,5)6/h12-13,21H,7-11H2,1-6H3/t13-,27-/m1/s1. The lowest BCUT2D eigenvalue weighted by Crippen LogP contribution is -2.51. The molecule has 2 atom stereocenters. The third-order valence-corrected chi connectivity index (χ3v) is 6.76. The van der Waals surface area contributed by atoms with Gasteiger partial charge in [0, 0.05) is 36.4 Å². The zero-order valence-electron chi connectivity index (χ0n) is 17.1. The summed E-state index contributed by atoms with van der Waals surface area (Å²) in [6, 6.07) is -0.138. The SMILES string of the molecule is CC(C)(C)OC(=O)N1CCC2(CC1)Cn1cnnc1[C@H]2N[S@+]([O-])C(C)(C)C. The Bertz CT molecular complexity index is 686. The molecule has 3 rings (SSSR count). The molecule has 1 spiro atoms. The van der Waals surface area contributed by atoms with Gasteiger partial charge in [0.25, 0.3) is 0 Å². The highest BCUT2D eigenvalue weighted by molar-refractivity contribution is 7.90. The Labute approximate surface area is 164 Å². The van der Waals surface area contributed by atoms with Gasteiger partial charge >= 0.3 is 6.09 Å². The molecule has 8 nitrogen and oxygen atoms in total. The summed E-state index contributed by atoms with van der Waals surface area (Å²) in [6.45, 7) is 13.5. The summed E-state index contributed by atoms with van der Waals surface area (Å²) in [6.07, 6.45) is 3.07. The van der Waals surface area contributed by atoms with Crippen molar-refractivity contribution < 1.29 is 14.1 Å². The number of piperidine rings is 1. The third-order valence-electron chi connectivity index (χ3n) is 5.19. The molecule has 2 aliphatic rings. The lowest BCUT2D eigenvalue weighted by Gasteiger charge is -2.42. The van der Waals surface area contributed by atoms with Crippen molar-refractivity contribution in [3.63, 3.8) is 0 Å². The quantitative estimate of drug-likeness (QED) is 0.770.